The molecule has 0 aliphatic heterocycles. The Balaban J connectivity index is 1.61. The number of hydrogen-bond donors (Lipinski definition) is 3. The molecule has 3 aromatic rings. The van der Waals surface area contributed by atoms with Crippen molar-refractivity contribution in [3.63, 3.8) is 0 Å². The summed E-state index contributed by atoms with van der Waals surface area (Å²) in [5.41, 5.74) is 0.984. The van der Waals surface area contributed by atoms with E-state index in [1.165, 1.54) is 23.9 Å². The van der Waals surface area contributed by atoms with E-state index in [9.17, 15) is 14.4 Å². The van der Waals surface area contributed by atoms with Gasteiger partial charge in [-0.05, 0) is 56.3 Å². The van der Waals surface area contributed by atoms with E-state index in [2.05, 4.69) is 20.8 Å². The number of carbonyl (C=O) groups excluding carboxylic acids is 2. The van der Waals surface area contributed by atoms with Crippen molar-refractivity contribution in [3.8, 4) is 5.75 Å². The molecule has 10 nitrogen and oxygen atoms in total. The van der Waals surface area contributed by atoms with Gasteiger partial charge in [-0.15, -0.1) is 10.2 Å². The van der Waals surface area contributed by atoms with Crippen LogP contribution >= 0.6 is 11.8 Å². The monoisotopic (exact) mass is 483 g/mol. The highest BCUT2D eigenvalue weighted by Gasteiger charge is 2.20. The summed E-state index contributed by atoms with van der Waals surface area (Å²) in [6.45, 7) is 4.29. The molecule has 34 heavy (non-hydrogen) atoms. The van der Waals surface area contributed by atoms with E-state index in [0.717, 1.165) is 0 Å². The van der Waals surface area contributed by atoms with Gasteiger partial charge < -0.3 is 25.0 Å². The second kappa shape index (κ2) is 11.3. The maximum absolute atomic E-state index is 12.6. The topological polar surface area (TPSA) is 135 Å². The molecule has 0 aliphatic rings. The minimum atomic E-state index is -1.07. The highest BCUT2D eigenvalue weighted by atomic mass is 32.2. The van der Waals surface area contributed by atoms with E-state index in [1.807, 2.05) is 18.4 Å². The highest BCUT2D eigenvalue weighted by molar-refractivity contribution is 7.99. The second-order valence-electron chi connectivity index (χ2n) is 7.23. The number of ether oxygens (including phenoxy) is 1. The predicted octanol–water partition coefficient (Wildman–Crippen LogP) is 3.23. The molecule has 1 atom stereocenters. The fraction of sp³-hybridized carbons (Fsp3) is 0.261. The summed E-state index contributed by atoms with van der Waals surface area (Å²) in [5, 5.41) is 23.6. The number of carboxylic acid groups (broad SMARTS) is 1. The molecule has 3 rings (SSSR count). The van der Waals surface area contributed by atoms with Crippen LogP contribution in [0.2, 0.25) is 0 Å². The zero-order valence-electron chi connectivity index (χ0n) is 18.9. The lowest BCUT2D eigenvalue weighted by Crippen LogP contribution is -2.28. The number of thioether (sulfide) groups is 1. The van der Waals surface area contributed by atoms with Gasteiger partial charge in [-0.3, -0.25) is 9.59 Å². The Hall–Kier alpha value is -3.86. The van der Waals surface area contributed by atoms with Crippen LogP contribution < -0.4 is 15.4 Å². The van der Waals surface area contributed by atoms with Crippen LogP contribution in [0.4, 0.5) is 5.69 Å². The van der Waals surface area contributed by atoms with Crippen LogP contribution in [-0.4, -0.2) is 50.5 Å². The van der Waals surface area contributed by atoms with Crippen LogP contribution in [0.15, 0.2) is 53.7 Å². The standard InChI is InChI=1S/C23H25N5O5S/c1-4-28-20(14(2)24-21(30)15-8-10-18(33-3)11-9-15)26-27-23(28)34-13-19(29)25-17-7-5-6-16(12-17)22(31)32/h5-12,14H,4,13H2,1-3H3,(H,24,30)(H,25,29)(H,31,32)/t14-/m1/s1. The third kappa shape index (κ3) is 6.13. The van der Waals surface area contributed by atoms with Crippen LogP contribution in [0, 0.1) is 0 Å². The van der Waals surface area contributed by atoms with Crippen molar-refractivity contribution in [2.24, 2.45) is 0 Å². The molecule has 0 spiro atoms. The van der Waals surface area contributed by atoms with Gasteiger partial charge in [-0.2, -0.15) is 0 Å². The number of anilines is 1. The van der Waals surface area contributed by atoms with Gasteiger partial charge in [0.1, 0.15) is 5.75 Å². The molecule has 2 amide bonds. The van der Waals surface area contributed by atoms with Crippen LogP contribution in [0.1, 0.15) is 46.4 Å². The van der Waals surface area contributed by atoms with Gasteiger partial charge in [0.05, 0.1) is 24.5 Å². The van der Waals surface area contributed by atoms with Crippen molar-refractivity contribution in [3.05, 3.63) is 65.5 Å². The Morgan fingerprint density at radius 2 is 1.85 bits per heavy atom. The molecule has 0 bridgehead atoms. The molecule has 178 valence electrons. The number of carboxylic acids is 1. The molecule has 0 saturated heterocycles. The Bertz CT molecular complexity index is 1180. The normalized spacial score (nSPS) is 11.5. The van der Waals surface area contributed by atoms with E-state index >= 15 is 0 Å². The molecule has 11 heteroatoms. The van der Waals surface area contributed by atoms with Crippen LogP contribution in [0.3, 0.4) is 0 Å². The van der Waals surface area contributed by atoms with Crippen molar-refractivity contribution in [2.45, 2.75) is 31.6 Å². The number of rotatable bonds is 10. The Morgan fingerprint density at radius 3 is 2.50 bits per heavy atom. The summed E-state index contributed by atoms with van der Waals surface area (Å²) in [4.78, 5) is 36.0. The first kappa shape index (κ1) is 24.8. The predicted molar refractivity (Wildman–Crippen MR) is 127 cm³/mol. The fourth-order valence-electron chi connectivity index (χ4n) is 3.17. The van der Waals surface area contributed by atoms with Crippen LogP contribution in [-0.2, 0) is 11.3 Å². The maximum Gasteiger partial charge on any atom is 0.335 e. The number of nitrogens with one attached hydrogen (secondary N) is 2. The summed E-state index contributed by atoms with van der Waals surface area (Å²) in [6.07, 6.45) is 0. The van der Waals surface area contributed by atoms with E-state index in [0.29, 0.717) is 34.5 Å². The molecular weight excluding hydrogens is 458 g/mol. The zero-order chi connectivity index (χ0) is 24.7. The summed E-state index contributed by atoms with van der Waals surface area (Å²) < 4.78 is 6.95. The van der Waals surface area contributed by atoms with Gasteiger partial charge in [0, 0.05) is 17.8 Å². The Labute approximate surface area is 200 Å². The second-order valence-corrected chi connectivity index (χ2v) is 8.17. The summed E-state index contributed by atoms with van der Waals surface area (Å²) in [7, 11) is 1.56. The van der Waals surface area contributed by atoms with Gasteiger partial charge in [0.2, 0.25) is 5.91 Å². The van der Waals surface area contributed by atoms with Crippen LogP contribution in [0.5, 0.6) is 5.75 Å². The largest absolute Gasteiger partial charge is 0.497 e. The first-order valence-corrected chi connectivity index (χ1v) is 11.4. The molecule has 2 aromatic carbocycles. The van der Waals surface area contributed by atoms with Gasteiger partial charge in [-0.25, -0.2) is 4.79 Å². The van der Waals surface area contributed by atoms with Gasteiger partial charge in [-0.1, -0.05) is 17.8 Å². The lowest BCUT2D eigenvalue weighted by atomic mass is 10.2. The molecule has 0 aliphatic carbocycles. The molecule has 0 fully saturated rings. The zero-order valence-corrected chi connectivity index (χ0v) is 19.8. The minimum Gasteiger partial charge on any atom is -0.497 e. The van der Waals surface area contributed by atoms with Crippen LogP contribution in [0.25, 0.3) is 0 Å². The van der Waals surface area contributed by atoms with Crippen molar-refractivity contribution < 1.29 is 24.2 Å². The molecule has 0 radical (unpaired) electrons. The smallest absolute Gasteiger partial charge is 0.335 e. The average Bonchev–Trinajstić information content (AvgIpc) is 3.26. The Morgan fingerprint density at radius 1 is 1.12 bits per heavy atom. The first-order valence-electron chi connectivity index (χ1n) is 10.5. The quantitative estimate of drug-likeness (QED) is 0.374. The van der Waals surface area contributed by atoms with E-state index in [-0.39, 0.29) is 23.1 Å². The first-order chi connectivity index (χ1) is 16.3. The molecule has 0 unspecified atom stereocenters. The number of methoxy groups -OCH3 is 1. The van der Waals surface area contributed by atoms with Crippen molar-refractivity contribution in [2.75, 3.05) is 18.2 Å². The van der Waals surface area contributed by atoms with E-state index in [4.69, 9.17) is 9.84 Å². The molecule has 3 N–H and O–H groups in total. The molecule has 0 saturated carbocycles. The number of carbonyl (C=O) groups is 3. The average molecular weight is 484 g/mol. The third-order valence-corrected chi connectivity index (χ3v) is 5.84. The highest BCUT2D eigenvalue weighted by Crippen LogP contribution is 2.22. The van der Waals surface area contributed by atoms with E-state index < -0.39 is 12.0 Å². The third-order valence-electron chi connectivity index (χ3n) is 4.87. The number of hydrogen-bond acceptors (Lipinski definition) is 7. The van der Waals surface area contributed by atoms with E-state index in [1.54, 1.807) is 43.5 Å². The number of nitrogens with zero attached hydrogens (tertiary/aromatic N) is 3. The number of amides is 2. The molecule has 1 heterocycles. The van der Waals surface area contributed by atoms with Crippen molar-refractivity contribution in [1.82, 2.24) is 20.1 Å². The van der Waals surface area contributed by atoms with Gasteiger partial charge >= 0.3 is 5.97 Å². The lowest BCUT2D eigenvalue weighted by molar-refractivity contribution is -0.113. The summed E-state index contributed by atoms with van der Waals surface area (Å²) >= 11 is 1.20. The maximum atomic E-state index is 12.6. The minimum absolute atomic E-state index is 0.0576. The SMILES string of the molecule is CCn1c(SCC(=O)Nc2cccc(C(=O)O)c2)nnc1[C@@H](C)NC(=O)c1ccc(OC)cc1. The van der Waals surface area contributed by atoms with Gasteiger partial charge in [0.15, 0.2) is 11.0 Å². The van der Waals surface area contributed by atoms with Gasteiger partial charge in [0.25, 0.3) is 5.91 Å². The van der Waals surface area contributed by atoms with Crippen molar-refractivity contribution in [1.29, 1.82) is 0 Å². The molecular formula is C23H25N5O5S. The number of aromatic carboxylic acids is 1. The van der Waals surface area contributed by atoms with Crippen molar-refractivity contribution >= 4 is 35.2 Å². The molecule has 1 aromatic heterocycles. The lowest BCUT2D eigenvalue weighted by Gasteiger charge is -2.15. The summed E-state index contributed by atoms with van der Waals surface area (Å²) in [6, 6.07) is 12.4. The Kier molecular flexibility index (Phi) is 8.25. The summed E-state index contributed by atoms with van der Waals surface area (Å²) in [5.74, 6) is -0.333. The number of aromatic nitrogens is 3. The fourth-order valence-corrected chi connectivity index (χ4v) is 3.98. The number of benzene rings is 2.